The highest BCUT2D eigenvalue weighted by Crippen LogP contribution is 2.34. The van der Waals surface area contributed by atoms with Crippen molar-refractivity contribution in [3.8, 4) is 0 Å². The second kappa shape index (κ2) is 6.77. The predicted octanol–water partition coefficient (Wildman–Crippen LogP) is 5.57. The van der Waals surface area contributed by atoms with Crippen LogP contribution in [0.3, 0.4) is 0 Å². The molecule has 0 amide bonds. The Bertz CT molecular complexity index is 706. The Balaban J connectivity index is 2.15. The molecule has 0 saturated heterocycles. The van der Waals surface area contributed by atoms with E-state index in [9.17, 15) is 13.2 Å². The zero-order valence-corrected chi connectivity index (χ0v) is 13.1. The van der Waals surface area contributed by atoms with E-state index in [1.54, 1.807) is 13.0 Å². The molecule has 0 aliphatic heterocycles. The fraction of sp³-hybridized carbons (Fsp3) is 0.222. The van der Waals surface area contributed by atoms with Crippen LogP contribution in [0.1, 0.15) is 23.6 Å². The van der Waals surface area contributed by atoms with Gasteiger partial charge in [-0.1, -0.05) is 31.7 Å². The third-order valence-electron chi connectivity index (χ3n) is 3.40. The molecule has 0 spiro atoms. The molecular formula is C18H19F3N2. The molecule has 0 bridgehead atoms. The second-order valence-corrected chi connectivity index (χ2v) is 5.32. The summed E-state index contributed by atoms with van der Waals surface area (Å²) in [5.74, 6) is 0.410. The van der Waals surface area contributed by atoms with Crippen molar-refractivity contribution < 1.29 is 13.2 Å². The van der Waals surface area contributed by atoms with Gasteiger partial charge in [-0.25, -0.2) is 0 Å². The van der Waals surface area contributed by atoms with E-state index in [0.717, 1.165) is 17.3 Å². The van der Waals surface area contributed by atoms with Crippen LogP contribution in [0.25, 0.3) is 0 Å². The average Bonchev–Trinajstić information content (AvgIpc) is 2.46. The van der Waals surface area contributed by atoms with Gasteiger partial charge in [-0.2, -0.15) is 13.2 Å². The summed E-state index contributed by atoms with van der Waals surface area (Å²) in [5, 5.41) is 5.90. The first kappa shape index (κ1) is 16.9. The maximum atomic E-state index is 13.1. The lowest BCUT2D eigenvalue weighted by Crippen LogP contribution is -2.12. The first-order chi connectivity index (χ1) is 10.8. The zero-order chi connectivity index (χ0) is 17.0. The van der Waals surface area contributed by atoms with E-state index in [2.05, 4.69) is 17.2 Å². The van der Waals surface area contributed by atoms with Crippen LogP contribution < -0.4 is 10.6 Å². The summed E-state index contributed by atoms with van der Waals surface area (Å²) >= 11 is 0. The van der Waals surface area contributed by atoms with Crippen molar-refractivity contribution in [3.63, 3.8) is 0 Å². The van der Waals surface area contributed by atoms with Crippen LogP contribution in [0.4, 0.5) is 24.5 Å². The summed E-state index contributed by atoms with van der Waals surface area (Å²) < 4.78 is 39.2. The Kier molecular flexibility index (Phi) is 4.98. The minimum absolute atomic E-state index is 0.278. The van der Waals surface area contributed by atoms with Crippen LogP contribution in [0.15, 0.2) is 54.9 Å². The van der Waals surface area contributed by atoms with E-state index in [0.29, 0.717) is 17.9 Å². The summed E-state index contributed by atoms with van der Waals surface area (Å²) in [6, 6.07) is 11.9. The lowest BCUT2D eigenvalue weighted by atomic mass is 10.0. The van der Waals surface area contributed by atoms with Crippen LogP contribution in [0.2, 0.25) is 0 Å². The van der Waals surface area contributed by atoms with Gasteiger partial charge in [0.2, 0.25) is 0 Å². The first-order valence-electron chi connectivity index (χ1n) is 7.29. The number of benzene rings is 2. The van der Waals surface area contributed by atoms with Crippen LogP contribution in [0, 0.1) is 6.92 Å². The van der Waals surface area contributed by atoms with Crippen LogP contribution in [0.5, 0.6) is 0 Å². The molecule has 0 radical (unpaired) electrons. The van der Waals surface area contributed by atoms with Crippen molar-refractivity contribution in [3.05, 3.63) is 71.6 Å². The Morgan fingerprint density at radius 2 is 1.70 bits per heavy atom. The summed E-state index contributed by atoms with van der Waals surface area (Å²) in [4.78, 5) is 0. The first-order valence-corrected chi connectivity index (χ1v) is 7.29. The van der Waals surface area contributed by atoms with Gasteiger partial charge in [0.15, 0.2) is 0 Å². The normalized spacial score (nSPS) is 11.2. The molecule has 122 valence electrons. The Labute approximate surface area is 134 Å². The molecule has 0 aliphatic carbocycles. The summed E-state index contributed by atoms with van der Waals surface area (Å²) in [6.45, 7) is 7.47. The van der Waals surface area contributed by atoms with Crippen molar-refractivity contribution in [2.45, 2.75) is 26.4 Å². The number of nitrogens with one attached hydrogen (secondary N) is 2. The molecule has 2 nitrogen and oxygen atoms in total. The minimum atomic E-state index is -4.37. The van der Waals surface area contributed by atoms with Crippen molar-refractivity contribution in [1.82, 2.24) is 0 Å². The summed E-state index contributed by atoms with van der Waals surface area (Å²) in [6.07, 6.45) is -4.04. The number of aryl methyl sites for hydroxylation is 2. The average molecular weight is 320 g/mol. The SMILES string of the molecule is C=C(Nc1cccc(C)c1)Nc1ccc(CC)c(C(F)(F)F)c1. The third kappa shape index (κ3) is 4.52. The van der Waals surface area contributed by atoms with Crippen LogP contribution in [-0.4, -0.2) is 0 Å². The molecule has 23 heavy (non-hydrogen) atoms. The zero-order valence-electron chi connectivity index (χ0n) is 13.1. The molecule has 5 heteroatoms. The molecule has 0 aliphatic rings. The number of anilines is 2. The van der Waals surface area contributed by atoms with Crippen molar-refractivity contribution in [2.24, 2.45) is 0 Å². The largest absolute Gasteiger partial charge is 0.416 e. The smallest absolute Gasteiger partial charge is 0.342 e. The van der Waals surface area contributed by atoms with Gasteiger partial charge in [-0.05, 0) is 48.7 Å². The fourth-order valence-corrected chi connectivity index (χ4v) is 2.33. The number of alkyl halides is 3. The van der Waals surface area contributed by atoms with E-state index in [-0.39, 0.29) is 5.56 Å². The van der Waals surface area contributed by atoms with E-state index >= 15 is 0 Å². The molecule has 2 N–H and O–H groups in total. The highest BCUT2D eigenvalue weighted by Gasteiger charge is 2.33. The van der Waals surface area contributed by atoms with Crippen molar-refractivity contribution in [1.29, 1.82) is 0 Å². The number of hydrogen-bond acceptors (Lipinski definition) is 2. The fourth-order valence-electron chi connectivity index (χ4n) is 2.33. The Morgan fingerprint density at radius 1 is 1.04 bits per heavy atom. The monoisotopic (exact) mass is 320 g/mol. The topological polar surface area (TPSA) is 24.1 Å². The standard InChI is InChI=1S/C18H19F3N2/c1-4-14-8-9-16(11-17(14)18(19,20)21)23-13(3)22-15-7-5-6-12(2)10-15/h5-11,22-23H,3-4H2,1-2H3. The van der Waals surface area contributed by atoms with E-state index in [4.69, 9.17) is 0 Å². The molecule has 0 unspecified atom stereocenters. The van der Waals surface area contributed by atoms with E-state index < -0.39 is 11.7 Å². The maximum absolute atomic E-state index is 13.1. The molecule has 2 aromatic carbocycles. The minimum Gasteiger partial charge on any atom is -0.342 e. The predicted molar refractivity (Wildman–Crippen MR) is 88.4 cm³/mol. The van der Waals surface area contributed by atoms with Crippen molar-refractivity contribution >= 4 is 11.4 Å². The molecule has 2 rings (SSSR count). The van der Waals surface area contributed by atoms with Gasteiger partial charge in [0.05, 0.1) is 5.56 Å². The summed E-state index contributed by atoms with van der Waals surface area (Å²) in [5.41, 5.74) is 1.91. The summed E-state index contributed by atoms with van der Waals surface area (Å²) in [7, 11) is 0. The van der Waals surface area contributed by atoms with Gasteiger partial charge < -0.3 is 10.6 Å². The van der Waals surface area contributed by atoms with Gasteiger partial charge in [-0.3, -0.25) is 0 Å². The molecule has 0 atom stereocenters. The van der Waals surface area contributed by atoms with E-state index in [1.165, 1.54) is 6.07 Å². The molecule has 0 aromatic heterocycles. The Morgan fingerprint density at radius 3 is 2.26 bits per heavy atom. The molecule has 2 aromatic rings. The second-order valence-electron chi connectivity index (χ2n) is 5.32. The van der Waals surface area contributed by atoms with Crippen molar-refractivity contribution in [2.75, 3.05) is 10.6 Å². The quantitative estimate of drug-likeness (QED) is 0.752. The highest BCUT2D eigenvalue weighted by atomic mass is 19.4. The highest BCUT2D eigenvalue weighted by molar-refractivity contribution is 5.58. The van der Waals surface area contributed by atoms with Gasteiger partial charge in [0.1, 0.15) is 5.82 Å². The molecular weight excluding hydrogens is 301 g/mol. The van der Waals surface area contributed by atoms with Gasteiger partial charge in [0.25, 0.3) is 0 Å². The number of hydrogen-bond donors (Lipinski definition) is 2. The van der Waals surface area contributed by atoms with Gasteiger partial charge >= 0.3 is 6.18 Å². The van der Waals surface area contributed by atoms with Gasteiger partial charge in [0, 0.05) is 11.4 Å². The molecule has 0 heterocycles. The van der Waals surface area contributed by atoms with Gasteiger partial charge in [-0.15, -0.1) is 0 Å². The maximum Gasteiger partial charge on any atom is 0.416 e. The lowest BCUT2D eigenvalue weighted by molar-refractivity contribution is -0.138. The van der Waals surface area contributed by atoms with Crippen LogP contribution in [-0.2, 0) is 12.6 Å². The molecule has 0 fully saturated rings. The number of halogens is 3. The third-order valence-corrected chi connectivity index (χ3v) is 3.40. The molecule has 0 saturated carbocycles. The Hall–Kier alpha value is -2.43. The van der Waals surface area contributed by atoms with Crippen LogP contribution >= 0.6 is 0 Å². The van der Waals surface area contributed by atoms with E-state index in [1.807, 2.05) is 31.2 Å². The number of rotatable bonds is 5. The lowest BCUT2D eigenvalue weighted by Gasteiger charge is -2.16.